The highest BCUT2D eigenvalue weighted by molar-refractivity contribution is 5.75. The second-order valence-electron chi connectivity index (χ2n) is 5.70. The van der Waals surface area contributed by atoms with E-state index in [4.69, 9.17) is 5.73 Å². The number of aromatic hydroxyl groups is 1. The zero-order valence-electron chi connectivity index (χ0n) is 13.0. The largest absolute Gasteiger partial charge is 0.508 e. The van der Waals surface area contributed by atoms with E-state index in [-0.39, 0.29) is 11.2 Å². The molecule has 0 spiro atoms. The molecule has 2 aromatic rings. The number of benzene rings is 1. The summed E-state index contributed by atoms with van der Waals surface area (Å²) < 4.78 is 0. The number of nitrogens with two attached hydrogens (primary N) is 1. The smallest absolute Gasteiger partial charge is 0.131 e. The van der Waals surface area contributed by atoms with Crippen LogP contribution in [0.3, 0.4) is 0 Å². The number of hydrogen-bond acceptors (Lipinski definition) is 6. The Morgan fingerprint density at radius 1 is 1.36 bits per heavy atom. The molecule has 6 heteroatoms. The lowest BCUT2D eigenvalue weighted by Gasteiger charge is -2.33. The lowest BCUT2D eigenvalue weighted by molar-refractivity contribution is 0.217. The van der Waals surface area contributed by atoms with Crippen molar-refractivity contribution in [3.05, 3.63) is 35.7 Å². The van der Waals surface area contributed by atoms with Crippen LogP contribution in [0.25, 0.3) is 11.3 Å². The van der Waals surface area contributed by atoms with Gasteiger partial charge in [-0.3, -0.25) is 0 Å². The summed E-state index contributed by atoms with van der Waals surface area (Å²) in [5, 5.41) is 12.6. The van der Waals surface area contributed by atoms with E-state index >= 15 is 0 Å². The maximum Gasteiger partial charge on any atom is 0.131 e. The number of nitrogens with zero attached hydrogens (tertiary/aromatic N) is 3. The molecule has 0 unspecified atom stereocenters. The Hall–Kier alpha value is -2.63. The van der Waals surface area contributed by atoms with Crippen molar-refractivity contribution in [2.24, 2.45) is 5.16 Å². The van der Waals surface area contributed by atoms with Gasteiger partial charge in [-0.25, -0.2) is 9.97 Å². The number of hydrogen-bond donors (Lipinski definition) is 2. The van der Waals surface area contributed by atoms with Gasteiger partial charge in [0.2, 0.25) is 0 Å². The summed E-state index contributed by atoms with van der Waals surface area (Å²) >= 11 is 0. The standard InChI is InChI=1S/C14H15N3O.C2H5NO/c1-14(2)6-8-5-9(18)3-4-10(8)12-11(14)13(15)17-7-16-12;1-3-4-2/h3-5,7,18H,6H2,1-2H3,(H2,15,16,17);1H2,2H3. The monoisotopic (exact) mass is 300 g/mol. The van der Waals surface area contributed by atoms with Crippen LogP contribution < -0.4 is 5.73 Å². The van der Waals surface area contributed by atoms with Gasteiger partial charge in [0.05, 0.1) is 5.69 Å². The number of fused-ring (bicyclic) bond motifs is 3. The molecule has 3 rings (SSSR count). The quantitative estimate of drug-likeness (QED) is 0.623. The molecular formula is C16H20N4O2. The molecule has 1 aliphatic carbocycles. The van der Waals surface area contributed by atoms with Crippen molar-refractivity contribution in [2.75, 3.05) is 12.8 Å². The summed E-state index contributed by atoms with van der Waals surface area (Å²) in [5.74, 6) is 0.832. The van der Waals surface area contributed by atoms with Crippen LogP contribution in [-0.2, 0) is 16.7 Å². The Labute approximate surface area is 129 Å². The minimum atomic E-state index is -0.124. The third-order valence-corrected chi connectivity index (χ3v) is 3.66. The molecule has 1 aromatic carbocycles. The van der Waals surface area contributed by atoms with Crippen LogP contribution in [0.2, 0.25) is 0 Å². The Bertz CT molecular complexity index is 699. The highest BCUT2D eigenvalue weighted by Gasteiger charge is 2.34. The maximum absolute atomic E-state index is 9.60. The maximum atomic E-state index is 9.60. The van der Waals surface area contributed by atoms with E-state index in [1.54, 1.807) is 12.1 Å². The molecule has 0 atom stereocenters. The van der Waals surface area contributed by atoms with E-state index in [9.17, 15) is 5.11 Å². The zero-order chi connectivity index (χ0) is 16.3. The van der Waals surface area contributed by atoms with Gasteiger partial charge >= 0.3 is 0 Å². The van der Waals surface area contributed by atoms with Crippen LogP contribution in [0.4, 0.5) is 5.82 Å². The molecule has 1 aliphatic rings. The fraction of sp³-hybridized carbons (Fsp3) is 0.312. The van der Waals surface area contributed by atoms with Crippen LogP contribution in [-0.4, -0.2) is 28.9 Å². The number of anilines is 1. The van der Waals surface area contributed by atoms with Gasteiger partial charge in [-0.2, -0.15) is 0 Å². The van der Waals surface area contributed by atoms with Crippen molar-refractivity contribution in [1.29, 1.82) is 0 Å². The van der Waals surface area contributed by atoms with E-state index in [1.165, 1.54) is 13.4 Å². The number of oxime groups is 1. The van der Waals surface area contributed by atoms with E-state index in [0.29, 0.717) is 5.82 Å². The van der Waals surface area contributed by atoms with Crippen LogP contribution in [0.15, 0.2) is 29.7 Å². The predicted octanol–water partition coefficient (Wildman–Crippen LogP) is 2.51. The van der Waals surface area contributed by atoms with Gasteiger partial charge in [-0.1, -0.05) is 13.8 Å². The average Bonchev–Trinajstić information content (AvgIpc) is 2.46. The predicted molar refractivity (Wildman–Crippen MR) is 86.8 cm³/mol. The van der Waals surface area contributed by atoms with Gasteiger partial charge in [0.15, 0.2) is 0 Å². The topological polar surface area (TPSA) is 93.6 Å². The molecule has 0 saturated carbocycles. The number of nitrogen functional groups attached to an aromatic ring is 1. The minimum absolute atomic E-state index is 0.124. The van der Waals surface area contributed by atoms with E-state index in [1.807, 2.05) is 6.07 Å². The minimum Gasteiger partial charge on any atom is -0.508 e. The number of phenols is 1. The Kier molecular flexibility index (Phi) is 4.30. The molecule has 22 heavy (non-hydrogen) atoms. The molecule has 0 bridgehead atoms. The Morgan fingerprint density at radius 2 is 2.05 bits per heavy atom. The summed E-state index contributed by atoms with van der Waals surface area (Å²) in [6.07, 6.45) is 2.31. The van der Waals surface area contributed by atoms with Crippen molar-refractivity contribution >= 4 is 12.5 Å². The molecule has 6 nitrogen and oxygen atoms in total. The lowest BCUT2D eigenvalue weighted by Crippen LogP contribution is -2.28. The third-order valence-electron chi connectivity index (χ3n) is 3.66. The second-order valence-corrected chi connectivity index (χ2v) is 5.70. The third kappa shape index (κ3) is 2.86. The zero-order valence-corrected chi connectivity index (χ0v) is 13.0. The number of phenolic OH excluding ortho intramolecular Hbond substituents is 1. The van der Waals surface area contributed by atoms with Gasteiger partial charge < -0.3 is 15.7 Å². The molecule has 3 N–H and O–H groups in total. The summed E-state index contributed by atoms with van der Waals surface area (Å²) in [4.78, 5) is 12.5. The first-order valence-corrected chi connectivity index (χ1v) is 6.83. The van der Waals surface area contributed by atoms with Crippen molar-refractivity contribution < 1.29 is 9.94 Å². The van der Waals surface area contributed by atoms with Crippen molar-refractivity contribution in [3.8, 4) is 17.0 Å². The second kappa shape index (κ2) is 6.01. The lowest BCUT2D eigenvalue weighted by atomic mass is 9.72. The van der Waals surface area contributed by atoms with Gasteiger partial charge in [0.1, 0.15) is 25.0 Å². The first-order chi connectivity index (χ1) is 10.4. The first kappa shape index (κ1) is 15.8. The number of rotatable bonds is 1. The highest BCUT2D eigenvalue weighted by atomic mass is 16.6. The van der Waals surface area contributed by atoms with E-state index in [0.717, 1.165) is 28.8 Å². The normalized spacial score (nSPS) is 14.0. The summed E-state index contributed by atoms with van der Waals surface area (Å²) in [5.41, 5.74) is 9.91. The highest BCUT2D eigenvalue weighted by Crippen LogP contribution is 2.44. The molecule has 0 saturated heterocycles. The summed E-state index contributed by atoms with van der Waals surface area (Å²) in [6, 6.07) is 5.38. The van der Waals surface area contributed by atoms with Crippen LogP contribution in [0.1, 0.15) is 25.0 Å². The summed E-state index contributed by atoms with van der Waals surface area (Å²) in [6.45, 7) is 7.25. The molecular weight excluding hydrogens is 280 g/mol. The summed E-state index contributed by atoms with van der Waals surface area (Å²) in [7, 11) is 1.45. The van der Waals surface area contributed by atoms with Crippen LogP contribution in [0.5, 0.6) is 5.75 Å². The van der Waals surface area contributed by atoms with Gasteiger partial charge in [-0.05, 0) is 35.6 Å². The van der Waals surface area contributed by atoms with Crippen molar-refractivity contribution in [2.45, 2.75) is 25.7 Å². The van der Waals surface area contributed by atoms with E-state index < -0.39 is 0 Å². The fourth-order valence-corrected chi connectivity index (χ4v) is 2.79. The van der Waals surface area contributed by atoms with Crippen LogP contribution >= 0.6 is 0 Å². The molecule has 1 heterocycles. The van der Waals surface area contributed by atoms with Crippen molar-refractivity contribution in [1.82, 2.24) is 9.97 Å². The first-order valence-electron chi connectivity index (χ1n) is 6.83. The Morgan fingerprint density at radius 3 is 2.68 bits per heavy atom. The molecule has 116 valence electrons. The number of aromatic nitrogens is 2. The van der Waals surface area contributed by atoms with Gasteiger partial charge in [-0.15, -0.1) is 5.16 Å². The van der Waals surface area contributed by atoms with Gasteiger partial charge in [0, 0.05) is 17.8 Å². The fourth-order valence-electron chi connectivity index (χ4n) is 2.79. The van der Waals surface area contributed by atoms with E-state index in [2.05, 4.69) is 40.5 Å². The molecule has 0 aliphatic heterocycles. The van der Waals surface area contributed by atoms with Gasteiger partial charge in [0.25, 0.3) is 0 Å². The molecule has 0 fully saturated rings. The van der Waals surface area contributed by atoms with Crippen molar-refractivity contribution in [3.63, 3.8) is 0 Å². The molecule has 1 aromatic heterocycles. The SMILES string of the molecule is C=NOC.CC1(C)Cc2cc(O)ccc2-c2ncnc(N)c21. The molecule has 0 amide bonds. The van der Waals surface area contributed by atoms with Crippen LogP contribution in [0, 0.1) is 0 Å². The average molecular weight is 300 g/mol. The molecule has 0 radical (unpaired) electrons. The Balaban J connectivity index is 0.000000396.